The van der Waals surface area contributed by atoms with Gasteiger partial charge in [-0.1, -0.05) is 11.6 Å². The van der Waals surface area contributed by atoms with Crippen molar-refractivity contribution in [1.82, 2.24) is 14.7 Å². The van der Waals surface area contributed by atoms with Gasteiger partial charge in [-0.05, 0) is 18.2 Å². The molecule has 1 aromatic carbocycles. The number of anilines is 1. The van der Waals surface area contributed by atoms with E-state index >= 15 is 0 Å². The molecule has 4 aliphatic heterocycles. The molecule has 2 saturated heterocycles. The van der Waals surface area contributed by atoms with Gasteiger partial charge in [0.05, 0.1) is 26.3 Å². The molecule has 0 aromatic heterocycles. The third-order valence-corrected chi connectivity index (χ3v) is 6.59. The number of aliphatic imine (C=N–C) groups is 1. The lowest BCUT2D eigenvalue weighted by Crippen LogP contribution is -2.63. The lowest BCUT2D eigenvalue weighted by Gasteiger charge is -2.52. The molecule has 0 saturated carbocycles. The van der Waals surface area contributed by atoms with E-state index in [2.05, 4.69) is 21.2 Å². The zero-order valence-corrected chi connectivity index (χ0v) is 16.7. The molecule has 7 nitrogen and oxygen atoms in total. The molecule has 0 atom stereocenters. The third-order valence-electron chi connectivity index (χ3n) is 6.35. The maximum Gasteiger partial charge on any atom is 0.236 e. The first-order chi connectivity index (χ1) is 13.6. The van der Waals surface area contributed by atoms with Gasteiger partial charge < -0.3 is 19.9 Å². The number of carbonyl (C=O) groups is 1. The minimum Gasteiger partial charge on any atom is -0.378 e. The van der Waals surface area contributed by atoms with Crippen molar-refractivity contribution in [1.29, 1.82) is 0 Å². The van der Waals surface area contributed by atoms with E-state index in [1.807, 2.05) is 17.0 Å². The third kappa shape index (κ3) is 3.15. The molecule has 4 heterocycles. The number of benzene rings is 1. The van der Waals surface area contributed by atoms with Gasteiger partial charge in [0.1, 0.15) is 11.5 Å². The second-order valence-electron chi connectivity index (χ2n) is 7.97. The van der Waals surface area contributed by atoms with Crippen molar-refractivity contribution < 1.29 is 9.53 Å². The predicted molar refractivity (Wildman–Crippen MR) is 109 cm³/mol. The first-order valence-corrected chi connectivity index (χ1v) is 10.5. The molecule has 1 aromatic rings. The first kappa shape index (κ1) is 18.2. The molecule has 4 aliphatic rings. The summed E-state index contributed by atoms with van der Waals surface area (Å²) in [5, 5.41) is 4.52. The van der Waals surface area contributed by atoms with E-state index in [1.54, 1.807) is 0 Å². The van der Waals surface area contributed by atoms with Crippen LogP contribution in [0.5, 0.6) is 0 Å². The zero-order chi connectivity index (χ0) is 19.1. The summed E-state index contributed by atoms with van der Waals surface area (Å²) in [6.07, 6.45) is 1.91. The summed E-state index contributed by atoms with van der Waals surface area (Å²) in [7, 11) is 0. The number of piperidine rings is 1. The average molecular weight is 404 g/mol. The number of ether oxygens (including phenoxy) is 1. The van der Waals surface area contributed by atoms with Gasteiger partial charge in [0.2, 0.25) is 5.91 Å². The van der Waals surface area contributed by atoms with Crippen LogP contribution >= 0.6 is 11.6 Å². The van der Waals surface area contributed by atoms with Gasteiger partial charge in [0, 0.05) is 61.8 Å². The van der Waals surface area contributed by atoms with Crippen molar-refractivity contribution in [3.05, 3.63) is 28.8 Å². The average Bonchev–Trinajstić information content (AvgIpc) is 3.21. The molecule has 28 heavy (non-hydrogen) atoms. The Morgan fingerprint density at radius 1 is 1.18 bits per heavy atom. The number of morpholine rings is 1. The minimum absolute atomic E-state index is 0.133. The molecular weight excluding hydrogens is 378 g/mol. The minimum atomic E-state index is -0.133. The molecule has 0 radical (unpaired) electrons. The largest absolute Gasteiger partial charge is 0.378 e. The fraction of sp³-hybridized carbons (Fsp3) is 0.600. The van der Waals surface area contributed by atoms with E-state index in [9.17, 15) is 4.79 Å². The van der Waals surface area contributed by atoms with Crippen LogP contribution in [0.1, 0.15) is 18.4 Å². The van der Waals surface area contributed by atoms with E-state index in [0.717, 1.165) is 61.1 Å². The van der Waals surface area contributed by atoms with Gasteiger partial charge in [-0.3, -0.25) is 14.7 Å². The Kier molecular flexibility index (Phi) is 4.69. The van der Waals surface area contributed by atoms with E-state index in [0.29, 0.717) is 32.8 Å². The number of hydrogen-bond donors (Lipinski definition) is 1. The summed E-state index contributed by atoms with van der Waals surface area (Å²) < 4.78 is 5.35. The topological polar surface area (TPSA) is 60.4 Å². The van der Waals surface area contributed by atoms with Crippen LogP contribution in [0.2, 0.25) is 5.02 Å². The Morgan fingerprint density at radius 3 is 2.75 bits per heavy atom. The molecular formula is C20H26ClN5O2. The van der Waals surface area contributed by atoms with Crippen molar-refractivity contribution in [2.45, 2.75) is 18.5 Å². The van der Waals surface area contributed by atoms with Gasteiger partial charge in [-0.15, -0.1) is 0 Å². The van der Waals surface area contributed by atoms with Crippen LogP contribution in [0.3, 0.4) is 0 Å². The number of fused-ring (bicyclic) bond motifs is 4. The van der Waals surface area contributed by atoms with Crippen molar-refractivity contribution in [3.8, 4) is 0 Å². The highest BCUT2D eigenvalue weighted by Gasteiger charge is 2.46. The number of carbonyl (C=O) groups excluding carboxylic acids is 1. The highest BCUT2D eigenvalue weighted by Crippen LogP contribution is 2.40. The number of nitrogens with zero attached hydrogens (tertiary/aromatic N) is 4. The summed E-state index contributed by atoms with van der Waals surface area (Å²) >= 11 is 6.25. The monoisotopic (exact) mass is 403 g/mol. The quantitative estimate of drug-likeness (QED) is 0.810. The number of likely N-dealkylation sites (tertiary alicyclic amines) is 1. The molecule has 2 fully saturated rings. The summed E-state index contributed by atoms with van der Waals surface area (Å²) in [4.78, 5) is 24.0. The van der Waals surface area contributed by atoms with E-state index in [4.69, 9.17) is 21.3 Å². The van der Waals surface area contributed by atoms with Gasteiger partial charge in [-0.25, -0.2) is 0 Å². The SMILES string of the molecule is O=C(CN1CCC2(CC1)Nc1cc(Cl)ccc1C1=NCCN12)N1CCOCC1. The van der Waals surface area contributed by atoms with Crippen LogP contribution in [0.4, 0.5) is 5.69 Å². The van der Waals surface area contributed by atoms with Crippen LogP contribution in [-0.4, -0.2) is 91.1 Å². The molecule has 1 spiro atoms. The van der Waals surface area contributed by atoms with E-state index in [-0.39, 0.29) is 11.6 Å². The molecule has 1 amide bonds. The fourth-order valence-corrected chi connectivity index (χ4v) is 4.98. The molecule has 5 rings (SSSR count). The maximum atomic E-state index is 12.6. The van der Waals surface area contributed by atoms with Crippen LogP contribution in [-0.2, 0) is 9.53 Å². The maximum absolute atomic E-state index is 12.6. The molecule has 8 heteroatoms. The number of amidine groups is 1. The Hall–Kier alpha value is -1.83. The first-order valence-electron chi connectivity index (χ1n) is 10.1. The number of rotatable bonds is 2. The number of halogens is 1. The number of hydrogen-bond acceptors (Lipinski definition) is 6. The Balaban J connectivity index is 1.29. The van der Waals surface area contributed by atoms with E-state index in [1.165, 1.54) is 0 Å². The van der Waals surface area contributed by atoms with Crippen molar-refractivity contribution >= 4 is 29.0 Å². The lowest BCUT2D eigenvalue weighted by molar-refractivity contribution is -0.137. The predicted octanol–water partition coefficient (Wildman–Crippen LogP) is 1.48. The van der Waals surface area contributed by atoms with Crippen molar-refractivity contribution in [3.63, 3.8) is 0 Å². The molecule has 1 N–H and O–H groups in total. The van der Waals surface area contributed by atoms with Crippen LogP contribution < -0.4 is 5.32 Å². The van der Waals surface area contributed by atoms with Crippen LogP contribution in [0, 0.1) is 0 Å². The summed E-state index contributed by atoms with van der Waals surface area (Å²) in [6.45, 7) is 6.78. The highest BCUT2D eigenvalue weighted by molar-refractivity contribution is 6.31. The molecule has 150 valence electrons. The smallest absolute Gasteiger partial charge is 0.236 e. The normalized spacial score (nSPS) is 23.8. The Morgan fingerprint density at radius 2 is 1.96 bits per heavy atom. The second kappa shape index (κ2) is 7.21. The highest BCUT2D eigenvalue weighted by atomic mass is 35.5. The zero-order valence-electron chi connectivity index (χ0n) is 16.0. The Labute approximate surface area is 170 Å². The van der Waals surface area contributed by atoms with Crippen LogP contribution in [0.15, 0.2) is 23.2 Å². The van der Waals surface area contributed by atoms with Gasteiger partial charge in [0.25, 0.3) is 0 Å². The lowest BCUT2D eigenvalue weighted by atomic mass is 9.90. The van der Waals surface area contributed by atoms with Gasteiger partial charge in [-0.2, -0.15) is 0 Å². The molecule has 0 unspecified atom stereocenters. The molecule has 0 bridgehead atoms. The summed E-state index contributed by atoms with van der Waals surface area (Å²) in [5.74, 6) is 1.31. The van der Waals surface area contributed by atoms with Crippen molar-refractivity contribution in [2.75, 3.05) is 64.3 Å². The molecule has 0 aliphatic carbocycles. The summed E-state index contributed by atoms with van der Waals surface area (Å²) in [5.41, 5.74) is 2.07. The van der Waals surface area contributed by atoms with E-state index < -0.39 is 0 Å². The van der Waals surface area contributed by atoms with Crippen molar-refractivity contribution in [2.24, 2.45) is 4.99 Å². The number of amides is 1. The Bertz CT molecular complexity index is 800. The van der Waals surface area contributed by atoms with Gasteiger partial charge >= 0.3 is 0 Å². The fourth-order valence-electron chi connectivity index (χ4n) is 4.81. The van der Waals surface area contributed by atoms with Crippen LogP contribution in [0.25, 0.3) is 0 Å². The second-order valence-corrected chi connectivity index (χ2v) is 8.41. The standard InChI is InChI=1S/C20H26ClN5O2/c21-15-1-2-16-17(13-15)23-20(26-8-5-22-19(16)26)3-6-24(7-4-20)14-18(27)25-9-11-28-12-10-25/h1-2,13,23H,3-12,14H2. The summed E-state index contributed by atoms with van der Waals surface area (Å²) in [6, 6.07) is 5.99. The number of nitrogens with one attached hydrogen (secondary N) is 1. The van der Waals surface area contributed by atoms with Gasteiger partial charge in [0.15, 0.2) is 0 Å².